The highest BCUT2D eigenvalue weighted by molar-refractivity contribution is 7.96. The second-order valence-electron chi connectivity index (χ2n) is 15.6. The van der Waals surface area contributed by atoms with Crippen molar-refractivity contribution in [2.75, 3.05) is 26.3 Å². The number of carbonyl (C=O) groups is 2. The molecule has 0 saturated heterocycles. The van der Waals surface area contributed by atoms with Gasteiger partial charge in [0.15, 0.2) is 9.81 Å². The molecule has 0 heterocycles. The van der Waals surface area contributed by atoms with Crippen LogP contribution in [0.5, 0.6) is 0 Å². The molecule has 2 unspecified atom stereocenters. The predicted molar refractivity (Wildman–Crippen MR) is 234 cm³/mol. The fourth-order valence-electron chi connectivity index (χ4n) is 7.45. The van der Waals surface area contributed by atoms with Crippen molar-refractivity contribution in [3.8, 4) is 0 Å². The highest BCUT2D eigenvalue weighted by atomic mass is 32.2. The normalized spacial score (nSPS) is 17.5. The first-order chi connectivity index (χ1) is 28.5. The van der Waals surface area contributed by atoms with E-state index in [0.29, 0.717) is 69.2 Å². The SMILES string of the molecule is CCCCC(CC)COC(=O)/C(=C1\C=C(NCCCNC2=C/C(=C(\C(=O)OCC(CC)CCCC)S(=O)(=O)c3ccccc3)CCC2)CCC1)S(=O)(=O)c1ccccc1. The summed E-state index contributed by atoms with van der Waals surface area (Å²) in [7, 11) is -8.29. The van der Waals surface area contributed by atoms with E-state index in [-0.39, 0.29) is 44.7 Å². The summed E-state index contributed by atoms with van der Waals surface area (Å²) in [5.41, 5.74) is 2.60. The Morgan fingerprint density at radius 2 is 0.966 bits per heavy atom. The molecule has 0 saturated carbocycles. The number of hydrogen-bond acceptors (Lipinski definition) is 10. The maximum Gasteiger partial charge on any atom is 0.350 e. The summed E-state index contributed by atoms with van der Waals surface area (Å²) in [6, 6.07) is 16.1. The zero-order valence-corrected chi connectivity index (χ0v) is 37.2. The first-order valence-corrected chi connectivity index (χ1v) is 24.7. The minimum atomic E-state index is -4.14. The zero-order chi connectivity index (χ0) is 42.7. The summed E-state index contributed by atoms with van der Waals surface area (Å²) in [4.78, 5) is 26.9. The Hall–Kier alpha value is -4.16. The van der Waals surface area contributed by atoms with Gasteiger partial charge in [-0.25, -0.2) is 26.4 Å². The average molecular weight is 851 g/mol. The number of unbranched alkanes of at least 4 members (excludes halogenated alkanes) is 2. The molecule has 0 radical (unpaired) electrons. The lowest BCUT2D eigenvalue weighted by atomic mass is 9.98. The summed E-state index contributed by atoms with van der Waals surface area (Å²) >= 11 is 0. The summed E-state index contributed by atoms with van der Waals surface area (Å²) < 4.78 is 67.3. The van der Waals surface area contributed by atoms with Crippen LogP contribution in [0.3, 0.4) is 0 Å². The fourth-order valence-corrected chi connectivity index (χ4v) is 10.5. The molecule has 2 aliphatic carbocycles. The number of rotatable bonds is 24. The molecule has 0 spiro atoms. The monoisotopic (exact) mass is 850 g/mol. The molecule has 2 N–H and O–H groups in total. The van der Waals surface area contributed by atoms with Crippen molar-refractivity contribution in [2.45, 2.75) is 134 Å². The van der Waals surface area contributed by atoms with E-state index in [1.807, 2.05) is 0 Å². The minimum Gasteiger partial charge on any atom is -0.461 e. The van der Waals surface area contributed by atoms with E-state index < -0.39 is 31.6 Å². The van der Waals surface area contributed by atoms with Crippen molar-refractivity contribution in [3.05, 3.63) is 105 Å². The molecule has 0 aromatic heterocycles. The van der Waals surface area contributed by atoms with E-state index in [9.17, 15) is 26.4 Å². The van der Waals surface area contributed by atoms with Gasteiger partial charge in [-0.3, -0.25) is 0 Å². The van der Waals surface area contributed by atoms with Crippen LogP contribution in [-0.4, -0.2) is 55.1 Å². The molecule has 2 atom stereocenters. The molecule has 10 nitrogen and oxygen atoms in total. The van der Waals surface area contributed by atoms with Gasteiger partial charge in [0, 0.05) is 24.5 Å². The van der Waals surface area contributed by atoms with E-state index in [1.165, 1.54) is 24.3 Å². The van der Waals surface area contributed by atoms with Crippen LogP contribution in [0.4, 0.5) is 0 Å². The largest absolute Gasteiger partial charge is 0.461 e. The molecule has 4 rings (SSSR count). The lowest BCUT2D eigenvalue weighted by Gasteiger charge is -2.22. The molecule has 0 aliphatic heterocycles. The smallest absolute Gasteiger partial charge is 0.350 e. The number of sulfone groups is 2. The van der Waals surface area contributed by atoms with Crippen LogP contribution in [0.25, 0.3) is 0 Å². The first-order valence-electron chi connectivity index (χ1n) is 21.8. The topological polar surface area (TPSA) is 145 Å². The first kappa shape index (κ1) is 47.5. The van der Waals surface area contributed by atoms with Gasteiger partial charge in [-0.15, -0.1) is 0 Å². The quantitative estimate of drug-likeness (QED) is 0.0595. The molecule has 0 amide bonds. The van der Waals surface area contributed by atoms with Crippen molar-refractivity contribution in [2.24, 2.45) is 11.8 Å². The van der Waals surface area contributed by atoms with Gasteiger partial charge in [-0.1, -0.05) is 103 Å². The summed E-state index contributed by atoms with van der Waals surface area (Å²) in [5.74, 6) is -1.27. The molecule has 2 aliphatic rings. The lowest BCUT2D eigenvalue weighted by Crippen LogP contribution is -2.25. The van der Waals surface area contributed by atoms with E-state index in [1.54, 1.807) is 48.6 Å². The van der Waals surface area contributed by atoms with Crippen molar-refractivity contribution in [3.63, 3.8) is 0 Å². The molecule has 0 bridgehead atoms. The predicted octanol–water partition coefficient (Wildman–Crippen LogP) is 9.67. The van der Waals surface area contributed by atoms with E-state index in [0.717, 1.165) is 62.8 Å². The van der Waals surface area contributed by atoms with Gasteiger partial charge in [0.05, 0.1) is 23.0 Å². The van der Waals surface area contributed by atoms with Crippen molar-refractivity contribution in [1.82, 2.24) is 10.6 Å². The maximum absolute atomic E-state index is 14.0. The van der Waals surface area contributed by atoms with Crippen LogP contribution in [0.2, 0.25) is 0 Å². The molecule has 59 heavy (non-hydrogen) atoms. The minimum absolute atomic E-state index is 0.0567. The number of ether oxygens (including phenoxy) is 2. The van der Waals surface area contributed by atoms with E-state index in [2.05, 4.69) is 38.3 Å². The molecule has 2 aromatic rings. The van der Waals surface area contributed by atoms with Crippen LogP contribution < -0.4 is 10.6 Å². The zero-order valence-electron chi connectivity index (χ0n) is 35.6. The number of nitrogens with one attached hydrogen (secondary N) is 2. The number of hydrogen-bond donors (Lipinski definition) is 2. The molecule has 0 fully saturated rings. The van der Waals surface area contributed by atoms with E-state index >= 15 is 0 Å². The molecule has 2 aromatic carbocycles. The van der Waals surface area contributed by atoms with Crippen molar-refractivity contribution >= 4 is 31.6 Å². The Kier molecular flexibility index (Phi) is 19.5. The van der Waals surface area contributed by atoms with Gasteiger partial charge >= 0.3 is 11.9 Å². The number of carbonyl (C=O) groups excluding carboxylic acids is 2. The van der Waals surface area contributed by atoms with Crippen LogP contribution in [0.15, 0.2) is 115 Å². The third-order valence-electron chi connectivity index (χ3n) is 11.1. The van der Waals surface area contributed by atoms with Gasteiger partial charge in [-0.05, 0) is 117 Å². The second-order valence-corrected chi connectivity index (χ2v) is 19.4. The van der Waals surface area contributed by atoms with Crippen molar-refractivity contribution in [1.29, 1.82) is 0 Å². The van der Waals surface area contributed by atoms with Crippen LogP contribution >= 0.6 is 0 Å². The summed E-state index contributed by atoms with van der Waals surface area (Å²) in [6.07, 6.45) is 15.6. The lowest BCUT2D eigenvalue weighted by molar-refractivity contribution is -0.140. The maximum atomic E-state index is 14.0. The Morgan fingerprint density at radius 1 is 0.576 bits per heavy atom. The molecule has 324 valence electrons. The van der Waals surface area contributed by atoms with Crippen LogP contribution in [0, 0.1) is 11.8 Å². The highest BCUT2D eigenvalue weighted by Crippen LogP contribution is 2.33. The Bertz CT molecular complexity index is 1880. The van der Waals surface area contributed by atoms with Gasteiger partial charge in [0.25, 0.3) is 0 Å². The van der Waals surface area contributed by atoms with Gasteiger partial charge < -0.3 is 20.1 Å². The molecular formula is C47H66N2O8S2. The van der Waals surface area contributed by atoms with Gasteiger partial charge in [0.1, 0.15) is 0 Å². The van der Waals surface area contributed by atoms with Crippen LogP contribution in [0.1, 0.15) is 124 Å². The number of esters is 2. The van der Waals surface area contributed by atoms with E-state index in [4.69, 9.17) is 9.47 Å². The third-order valence-corrected chi connectivity index (χ3v) is 14.8. The van der Waals surface area contributed by atoms with Crippen LogP contribution in [-0.2, 0) is 38.7 Å². The third kappa shape index (κ3) is 14.0. The number of benzene rings is 2. The Labute approximate surface area is 353 Å². The van der Waals surface area contributed by atoms with Crippen molar-refractivity contribution < 1.29 is 35.9 Å². The Balaban J connectivity index is 1.48. The standard InChI is InChI=1S/C47H66N2O8S2/c1-5-9-20-36(7-3)34-56-46(50)44(58(52,53)42-26-13-11-14-27-42)38-22-17-24-40(32-38)48-30-19-31-49-41-25-18-23-39(33-41)45(59(54,55)43-28-15-12-16-29-43)47(51)57-35-37(8-4)21-10-6-2/h11-16,26-29,32-33,36-37,48-49H,5-10,17-25,30-31,34-35H2,1-4H3/b44-38+,45-39+. The van der Waals surface area contributed by atoms with Gasteiger partial charge in [0.2, 0.25) is 19.7 Å². The Morgan fingerprint density at radius 3 is 1.32 bits per heavy atom. The summed E-state index contributed by atoms with van der Waals surface area (Å²) in [6.45, 7) is 9.86. The fraction of sp³-hybridized carbons (Fsp3) is 0.532. The highest BCUT2D eigenvalue weighted by Gasteiger charge is 2.34. The summed E-state index contributed by atoms with van der Waals surface area (Å²) in [5, 5.41) is 6.90. The second kappa shape index (κ2) is 24.2. The van der Waals surface area contributed by atoms with Gasteiger partial charge in [-0.2, -0.15) is 0 Å². The molecule has 12 heteroatoms. The number of allylic oxidation sites excluding steroid dienone is 6. The average Bonchev–Trinajstić information content (AvgIpc) is 3.24. The molecular weight excluding hydrogens is 785 g/mol.